The molecule has 0 heterocycles. The summed E-state index contributed by atoms with van der Waals surface area (Å²) in [7, 11) is -1.56. The average molecular weight is 250 g/mol. The fourth-order valence-corrected chi connectivity index (χ4v) is 3.58. The molecule has 4 heteroatoms. The molecule has 0 amide bonds. The van der Waals surface area contributed by atoms with Crippen LogP contribution in [0.2, 0.25) is 0 Å². The van der Waals surface area contributed by atoms with Crippen LogP contribution in [0.3, 0.4) is 0 Å². The number of hydrogen-bond acceptors (Lipinski definition) is 2. The van der Waals surface area contributed by atoms with Crippen LogP contribution in [0.25, 0.3) is 0 Å². The number of hydrogen-bond donors (Lipinski definition) is 0. The Morgan fingerprint density at radius 1 is 0.688 bits per heavy atom. The summed E-state index contributed by atoms with van der Waals surface area (Å²) in [6, 6.07) is 0. The first-order chi connectivity index (χ1) is 7.71. The quantitative estimate of drug-likeness (QED) is 0.529. The molecule has 0 aromatic rings. The second-order valence-electron chi connectivity index (χ2n) is 4.15. The summed E-state index contributed by atoms with van der Waals surface area (Å²) < 4.78 is 18.5. The predicted molar refractivity (Wildman–Crippen MR) is 72.3 cm³/mol. The third-order valence-corrected chi connectivity index (χ3v) is 4.13. The molecular weight excluding hydrogens is 222 g/mol. The van der Waals surface area contributed by atoms with E-state index in [2.05, 4.69) is 27.7 Å². The molecule has 0 aliphatic heterocycles. The van der Waals surface area contributed by atoms with Crippen molar-refractivity contribution in [2.45, 2.75) is 53.4 Å². The van der Waals surface area contributed by atoms with Crippen molar-refractivity contribution in [3.05, 3.63) is 0 Å². The van der Waals surface area contributed by atoms with Gasteiger partial charge in [0.25, 0.3) is 0 Å². The van der Waals surface area contributed by atoms with Gasteiger partial charge in [0.15, 0.2) is 0 Å². The highest BCUT2D eigenvalue weighted by atomic mass is 31.2. The molecule has 16 heavy (non-hydrogen) atoms. The fourth-order valence-electron chi connectivity index (χ4n) is 1.77. The maximum atomic E-state index is 14.4. The Bertz CT molecular complexity index is 130. The van der Waals surface area contributed by atoms with E-state index in [4.69, 9.17) is 0 Å². The van der Waals surface area contributed by atoms with Crippen LogP contribution in [0.15, 0.2) is 0 Å². The zero-order chi connectivity index (χ0) is 12.4. The van der Waals surface area contributed by atoms with Gasteiger partial charge in [0.1, 0.15) is 0 Å². The van der Waals surface area contributed by atoms with Gasteiger partial charge >= 0.3 is 0 Å². The summed E-state index contributed by atoms with van der Waals surface area (Å²) in [4.78, 5) is 0. The van der Waals surface area contributed by atoms with Crippen molar-refractivity contribution in [2.24, 2.45) is 0 Å². The van der Waals surface area contributed by atoms with E-state index < -0.39 is 8.53 Å². The van der Waals surface area contributed by atoms with E-state index in [1.807, 2.05) is 9.34 Å². The molecule has 2 nitrogen and oxygen atoms in total. The normalized spacial score (nSPS) is 12.0. The lowest BCUT2D eigenvalue weighted by atomic mass is 10.4. The Morgan fingerprint density at radius 2 is 0.938 bits per heavy atom. The van der Waals surface area contributed by atoms with Gasteiger partial charge in [-0.2, -0.15) is 4.20 Å². The van der Waals surface area contributed by atoms with Gasteiger partial charge in [0.2, 0.25) is 8.53 Å². The van der Waals surface area contributed by atoms with Crippen LogP contribution < -0.4 is 0 Å². The molecule has 0 atom stereocenters. The fraction of sp³-hybridized carbons (Fsp3) is 1.00. The third kappa shape index (κ3) is 6.12. The third-order valence-electron chi connectivity index (χ3n) is 2.39. The molecule has 0 aliphatic rings. The van der Waals surface area contributed by atoms with Crippen molar-refractivity contribution in [1.29, 1.82) is 0 Å². The van der Waals surface area contributed by atoms with Gasteiger partial charge < -0.3 is 0 Å². The molecule has 0 spiro atoms. The maximum Gasteiger partial charge on any atom is 0.236 e. The molecule has 0 bridgehead atoms. The second-order valence-corrected chi connectivity index (χ2v) is 5.76. The van der Waals surface area contributed by atoms with Crippen molar-refractivity contribution < 1.29 is 4.20 Å². The zero-order valence-electron chi connectivity index (χ0n) is 11.4. The molecule has 0 aromatic carbocycles. The highest BCUT2D eigenvalue weighted by Gasteiger charge is 2.23. The minimum absolute atomic E-state index is 0.889. The molecular formula is C12H28FN2P. The number of nitrogens with zero attached hydrogens (tertiary/aromatic N) is 2. The van der Waals surface area contributed by atoms with Crippen LogP contribution in [-0.2, 0) is 0 Å². The molecule has 0 N–H and O–H groups in total. The SMILES string of the molecule is CCCN(CCC)P(F)N(CCC)CCC. The van der Waals surface area contributed by atoms with Crippen molar-refractivity contribution in [2.75, 3.05) is 26.2 Å². The lowest BCUT2D eigenvalue weighted by molar-refractivity contribution is 0.353. The van der Waals surface area contributed by atoms with E-state index in [0.29, 0.717) is 0 Å². The molecule has 98 valence electrons. The van der Waals surface area contributed by atoms with Crippen molar-refractivity contribution >= 4 is 8.53 Å². The Balaban J connectivity index is 4.31. The first-order valence-electron chi connectivity index (χ1n) is 6.66. The topological polar surface area (TPSA) is 6.48 Å². The molecule has 0 fully saturated rings. The lowest BCUT2D eigenvalue weighted by Gasteiger charge is -2.32. The van der Waals surface area contributed by atoms with Crippen LogP contribution in [0.5, 0.6) is 0 Å². The van der Waals surface area contributed by atoms with E-state index in [1.165, 1.54) is 0 Å². The van der Waals surface area contributed by atoms with Gasteiger partial charge in [-0.15, -0.1) is 0 Å². The second kappa shape index (κ2) is 10.4. The molecule has 0 aliphatic carbocycles. The zero-order valence-corrected chi connectivity index (χ0v) is 12.3. The predicted octanol–water partition coefficient (Wildman–Crippen LogP) is 4.43. The summed E-state index contributed by atoms with van der Waals surface area (Å²) in [5.41, 5.74) is 0. The van der Waals surface area contributed by atoms with Crippen molar-refractivity contribution in [1.82, 2.24) is 9.34 Å². The monoisotopic (exact) mass is 250 g/mol. The van der Waals surface area contributed by atoms with E-state index in [9.17, 15) is 4.20 Å². The maximum absolute atomic E-state index is 14.4. The minimum Gasteiger partial charge on any atom is -0.243 e. The number of rotatable bonds is 10. The average Bonchev–Trinajstić information content (AvgIpc) is 2.27. The Labute approximate surface area is 102 Å². The van der Waals surface area contributed by atoms with Crippen LogP contribution in [0.4, 0.5) is 4.20 Å². The molecule has 0 aromatic heterocycles. The van der Waals surface area contributed by atoms with Crippen LogP contribution in [-0.4, -0.2) is 35.5 Å². The molecule has 0 radical (unpaired) electrons. The largest absolute Gasteiger partial charge is 0.243 e. The summed E-state index contributed by atoms with van der Waals surface area (Å²) in [6.45, 7) is 12.0. The van der Waals surface area contributed by atoms with Gasteiger partial charge in [-0.1, -0.05) is 27.7 Å². The highest BCUT2D eigenvalue weighted by Crippen LogP contribution is 2.46. The van der Waals surface area contributed by atoms with E-state index in [1.54, 1.807) is 0 Å². The van der Waals surface area contributed by atoms with Gasteiger partial charge in [-0.3, -0.25) is 0 Å². The number of halogens is 1. The molecule has 0 unspecified atom stereocenters. The Hall–Kier alpha value is 0.280. The van der Waals surface area contributed by atoms with Gasteiger partial charge in [0, 0.05) is 26.2 Å². The first-order valence-corrected chi connectivity index (χ1v) is 7.80. The summed E-state index contributed by atoms with van der Waals surface area (Å²) in [6.07, 6.45) is 4.15. The molecule has 0 rings (SSSR count). The lowest BCUT2D eigenvalue weighted by Crippen LogP contribution is -2.29. The van der Waals surface area contributed by atoms with Gasteiger partial charge in [0.05, 0.1) is 0 Å². The van der Waals surface area contributed by atoms with Crippen LogP contribution in [0.1, 0.15) is 53.4 Å². The summed E-state index contributed by atoms with van der Waals surface area (Å²) in [5.74, 6) is 0. The molecule has 0 saturated carbocycles. The Morgan fingerprint density at radius 3 is 1.12 bits per heavy atom. The van der Waals surface area contributed by atoms with Gasteiger partial charge in [-0.25, -0.2) is 9.34 Å². The van der Waals surface area contributed by atoms with E-state index in [0.717, 1.165) is 51.9 Å². The standard InChI is InChI=1S/C12H28FN2P/c1-5-9-14(10-6-2)16(13)15(11-7-3)12-8-4/h5-12H2,1-4H3. The van der Waals surface area contributed by atoms with E-state index in [-0.39, 0.29) is 0 Å². The highest BCUT2D eigenvalue weighted by molar-refractivity contribution is 7.46. The van der Waals surface area contributed by atoms with Crippen molar-refractivity contribution in [3.8, 4) is 0 Å². The first kappa shape index (κ1) is 16.3. The smallest absolute Gasteiger partial charge is 0.236 e. The van der Waals surface area contributed by atoms with E-state index >= 15 is 0 Å². The minimum atomic E-state index is -1.56. The van der Waals surface area contributed by atoms with Crippen LogP contribution in [0, 0.1) is 0 Å². The Kier molecular flexibility index (Phi) is 10.6. The van der Waals surface area contributed by atoms with Crippen LogP contribution >= 0.6 is 8.53 Å². The summed E-state index contributed by atoms with van der Waals surface area (Å²) in [5, 5.41) is 0. The molecule has 0 saturated heterocycles. The summed E-state index contributed by atoms with van der Waals surface area (Å²) >= 11 is 0. The van der Waals surface area contributed by atoms with Crippen molar-refractivity contribution in [3.63, 3.8) is 0 Å². The van der Waals surface area contributed by atoms with Gasteiger partial charge in [-0.05, 0) is 25.7 Å².